The van der Waals surface area contributed by atoms with E-state index in [2.05, 4.69) is 6.58 Å². The highest BCUT2D eigenvalue weighted by atomic mass is 18.2. The first-order chi connectivity index (χ1) is 9.77. The van der Waals surface area contributed by atoms with E-state index in [1.165, 1.54) is 0 Å². The van der Waals surface area contributed by atoms with Gasteiger partial charge in [0.1, 0.15) is 19.0 Å². The first kappa shape index (κ1) is 16.4. The molecule has 0 saturated carbocycles. The summed E-state index contributed by atoms with van der Waals surface area (Å²) in [7, 11) is 0. The van der Waals surface area contributed by atoms with Gasteiger partial charge in [-0.25, -0.2) is 4.39 Å². The minimum absolute atomic E-state index is 0.0536. The fourth-order valence-electron chi connectivity index (χ4n) is 1.97. The molecule has 20 heavy (non-hydrogen) atoms. The number of halogens is 1. The average Bonchev–Trinajstić information content (AvgIpc) is 2.49. The minimum Gasteiger partial charge on any atom is -0.491 e. The molecule has 0 amide bonds. The van der Waals surface area contributed by atoms with Crippen molar-refractivity contribution in [1.29, 1.82) is 0 Å². The quantitative estimate of drug-likeness (QED) is 0.331. The van der Waals surface area contributed by atoms with Gasteiger partial charge in [-0.05, 0) is 43.5 Å². The summed E-state index contributed by atoms with van der Waals surface area (Å²) in [6, 6.07) is 6.92. The molecule has 0 saturated heterocycles. The molecule has 0 radical (unpaired) electrons. The maximum absolute atomic E-state index is 12.0. The Labute approximate surface area is 120 Å². The van der Waals surface area contributed by atoms with E-state index in [0.29, 0.717) is 17.7 Å². The van der Waals surface area contributed by atoms with Crippen LogP contribution in [0.5, 0.6) is 5.75 Å². The molecule has 110 valence electrons. The van der Waals surface area contributed by atoms with E-state index in [1.807, 2.05) is 6.08 Å². The Morgan fingerprint density at radius 3 is 2.50 bits per heavy atom. The van der Waals surface area contributed by atoms with E-state index in [9.17, 15) is 9.18 Å². The van der Waals surface area contributed by atoms with Crippen LogP contribution in [0.3, 0.4) is 0 Å². The standard InChI is InChI=1S/C17H23FO2/c1-2-3-4-5-6-7-8-17(19)15-9-11-16(12-10-15)20-14-13-18/h2,9-12H,1,3-8,13-14H2/i18-1. The van der Waals surface area contributed by atoms with Gasteiger partial charge in [-0.15, -0.1) is 6.58 Å². The third-order valence-corrected chi connectivity index (χ3v) is 3.08. The fraction of sp³-hybridized carbons (Fsp3) is 0.471. The van der Waals surface area contributed by atoms with Crippen molar-refractivity contribution in [1.82, 2.24) is 0 Å². The Balaban J connectivity index is 2.27. The number of ketones is 1. The zero-order chi connectivity index (χ0) is 14.6. The van der Waals surface area contributed by atoms with Crippen LogP contribution in [0.25, 0.3) is 0 Å². The van der Waals surface area contributed by atoms with Crippen LogP contribution in [0.1, 0.15) is 48.9 Å². The number of carbonyl (C=O) groups is 1. The molecule has 2 nitrogen and oxygen atoms in total. The Morgan fingerprint density at radius 1 is 1.15 bits per heavy atom. The number of rotatable bonds is 11. The second kappa shape index (κ2) is 10.2. The van der Waals surface area contributed by atoms with Crippen molar-refractivity contribution in [3.05, 3.63) is 42.5 Å². The number of carbonyl (C=O) groups excluding carboxylic acids is 1. The smallest absolute Gasteiger partial charge is 0.162 e. The maximum Gasteiger partial charge on any atom is 0.162 e. The van der Waals surface area contributed by atoms with Gasteiger partial charge in [0.05, 0.1) is 0 Å². The molecule has 0 atom stereocenters. The lowest BCUT2D eigenvalue weighted by atomic mass is 10.0. The van der Waals surface area contributed by atoms with Crippen molar-refractivity contribution in [3.63, 3.8) is 0 Å². The van der Waals surface area contributed by atoms with E-state index in [0.717, 1.165) is 32.1 Å². The van der Waals surface area contributed by atoms with Gasteiger partial charge in [-0.1, -0.05) is 18.9 Å². The van der Waals surface area contributed by atoms with Crippen molar-refractivity contribution in [2.75, 3.05) is 13.3 Å². The van der Waals surface area contributed by atoms with Gasteiger partial charge < -0.3 is 4.74 Å². The number of allylic oxidation sites excluding steroid dienone is 1. The van der Waals surface area contributed by atoms with E-state index in [1.54, 1.807) is 24.3 Å². The lowest BCUT2D eigenvalue weighted by molar-refractivity contribution is 0.0979. The molecule has 1 rings (SSSR count). The molecule has 1 aromatic rings. The SMILES string of the molecule is C=CCCCCCCC(=O)c1ccc(OCC[18F])cc1. The summed E-state index contributed by atoms with van der Waals surface area (Å²) in [5.74, 6) is 0.759. The molecule has 3 heteroatoms. The highest BCUT2D eigenvalue weighted by Crippen LogP contribution is 2.15. The van der Waals surface area contributed by atoms with E-state index in [4.69, 9.17) is 4.74 Å². The normalized spacial score (nSPS) is 10.2. The Kier molecular flexibility index (Phi) is 8.36. The number of alkyl halides is 1. The predicted octanol–water partition coefficient (Wildman–Crippen LogP) is 4.74. The summed E-state index contributed by atoms with van der Waals surface area (Å²) in [5.41, 5.74) is 0.698. The van der Waals surface area contributed by atoms with Crippen LogP contribution in [-0.4, -0.2) is 19.1 Å². The third kappa shape index (κ3) is 6.50. The first-order valence-corrected chi connectivity index (χ1v) is 7.21. The molecule has 0 fully saturated rings. The molecule has 0 heterocycles. The lowest BCUT2D eigenvalue weighted by Crippen LogP contribution is -2.01. The van der Waals surface area contributed by atoms with Gasteiger partial charge in [-0.3, -0.25) is 4.79 Å². The van der Waals surface area contributed by atoms with Crippen LogP contribution < -0.4 is 4.74 Å². The number of hydrogen-bond donors (Lipinski definition) is 0. The molecule has 0 aliphatic rings. The topological polar surface area (TPSA) is 26.3 Å². The predicted molar refractivity (Wildman–Crippen MR) is 80.1 cm³/mol. The molecule has 0 N–H and O–H groups in total. The molecule has 0 spiro atoms. The highest BCUT2D eigenvalue weighted by molar-refractivity contribution is 5.96. The molecule has 0 aliphatic carbocycles. The van der Waals surface area contributed by atoms with Gasteiger partial charge in [0.15, 0.2) is 5.78 Å². The molecule has 0 aliphatic heterocycles. The summed E-state index contributed by atoms with van der Waals surface area (Å²) in [4.78, 5) is 11.9. The second-order valence-corrected chi connectivity index (χ2v) is 4.73. The average molecular weight is 277 g/mol. The highest BCUT2D eigenvalue weighted by Gasteiger charge is 2.05. The van der Waals surface area contributed by atoms with Gasteiger partial charge in [0.25, 0.3) is 0 Å². The Bertz CT molecular complexity index is 398. The summed E-state index contributed by atoms with van der Waals surface area (Å²) >= 11 is 0. The minimum atomic E-state index is -0.507. The molecule has 0 aromatic heterocycles. The summed E-state index contributed by atoms with van der Waals surface area (Å²) in [6.45, 7) is 3.23. The van der Waals surface area contributed by atoms with E-state index < -0.39 is 6.67 Å². The summed E-state index contributed by atoms with van der Waals surface area (Å²) in [6.07, 6.45) is 7.87. The van der Waals surface area contributed by atoms with Gasteiger partial charge in [-0.2, -0.15) is 0 Å². The van der Waals surface area contributed by atoms with Crippen LogP contribution in [0.4, 0.5) is 4.39 Å². The monoisotopic (exact) mass is 277 g/mol. The summed E-state index contributed by atoms with van der Waals surface area (Å²) < 4.78 is 17.1. The van der Waals surface area contributed by atoms with Crippen LogP contribution in [0, 0.1) is 0 Å². The van der Waals surface area contributed by atoms with Crippen molar-refractivity contribution in [2.45, 2.75) is 38.5 Å². The van der Waals surface area contributed by atoms with Crippen molar-refractivity contribution in [3.8, 4) is 5.75 Å². The van der Waals surface area contributed by atoms with Gasteiger partial charge >= 0.3 is 0 Å². The third-order valence-electron chi connectivity index (χ3n) is 3.08. The zero-order valence-electron chi connectivity index (χ0n) is 11.9. The largest absolute Gasteiger partial charge is 0.491 e. The van der Waals surface area contributed by atoms with E-state index >= 15 is 0 Å². The van der Waals surface area contributed by atoms with Crippen LogP contribution in [-0.2, 0) is 0 Å². The Morgan fingerprint density at radius 2 is 1.85 bits per heavy atom. The lowest BCUT2D eigenvalue weighted by Gasteiger charge is -2.05. The molecule has 0 unspecified atom stereocenters. The van der Waals surface area contributed by atoms with Crippen molar-refractivity contribution in [2.24, 2.45) is 0 Å². The van der Waals surface area contributed by atoms with Gasteiger partial charge in [0.2, 0.25) is 0 Å². The van der Waals surface area contributed by atoms with Crippen LogP contribution >= 0.6 is 0 Å². The number of unbranched alkanes of at least 4 members (excludes halogenated alkanes) is 4. The van der Waals surface area contributed by atoms with E-state index in [-0.39, 0.29) is 12.4 Å². The summed E-state index contributed by atoms with van der Waals surface area (Å²) in [5, 5.41) is 0. The maximum atomic E-state index is 12.0. The number of ether oxygens (including phenoxy) is 1. The Hall–Kier alpha value is -1.64. The molecular weight excluding hydrogens is 254 g/mol. The number of hydrogen-bond acceptors (Lipinski definition) is 2. The number of benzene rings is 1. The van der Waals surface area contributed by atoms with Crippen molar-refractivity contribution >= 4 is 5.78 Å². The molecular formula is C17H23FO2. The molecule has 1 aromatic carbocycles. The number of Topliss-reactive ketones (excluding diaryl/α,β-unsaturated/α-hetero) is 1. The first-order valence-electron chi connectivity index (χ1n) is 7.21. The fourth-order valence-corrected chi connectivity index (χ4v) is 1.97. The second-order valence-electron chi connectivity index (χ2n) is 4.73. The zero-order valence-corrected chi connectivity index (χ0v) is 11.9. The van der Waals surface area contributed by atoms with Crippen LogP contribution in [0.15, 0.2) is 36.9 Å². The van der Waals surface area contributed by atoms with Crippen LogP contribution in [0.2, 0.25) is 0 Å². The van der Waals surface area contributed by atoms with Gasteiger partial charge in [0, 0.05) is 12.0 Å². The van der Waals surface area contributed by atoms with Crippen molar-refractivity contribution < 1.29 is 13.9 Å². The molecule has 0 bridgehead atoms.